The SMILES string of the molecule is COCc1c(C(=O)N2CCC3(CCNC3)CC2)oc2ccccc12.Cl. The number of nitrogens with zero attached hydrogens (tertiary/aromatic N) is 1. The molecule has 25 heavy (non-hydrogen) atoms. The molecule has 1 aromatic carbocycles. The highest BCUT2D eigenvalue weighted by Crippen LogP contribution is 2.37. The summed E-state index contributed by atoms with van der Waals surface area (Å²) in [4.78, 5) is 15.0. The van der Waals surface area contributed by atoms with Crippen LogP contribution < -0.4 is 5.32 Å². The van der Waals surface area contributed by atoms with Crippen LogP contribution in [-0.2, 0) is 11.3 Å². The predicted octanol–water partition coefficient (Wildman–Crippen LogP) is 3.22. The van der Waals surface area contributed by atoms with Crippen molar-refractivity contribution in [3.8, 4) is 0 Å². The number of halogens is 1. The summed E-state index contributed by atoms with van der Waals surface area (Å²) in [5.41, 5.74) is 2.02. The largest absolute Gasteiger partial charge is 0.451 e. The molecular weight excluding hydrogens is 340 g/mol. The zero-order chi connectivity index (χ0) is 16.6. The number of hydrogen-bond donors (Lipinski definition) is 1. The Morgan fingerprint density at radius 2 is 2.04 bits per heavy atom. The van der Waals surface area contributed by atoms with Gasteiger partial charge in [-0.25, -0.2) is 0 Å². The molecule has 2 aliphatic rings. The molecule has 0 aliphatic carbocycles. The van der Waals surface area contributed by atoms with E-state index in [1.54, 1.807) is 7.11 Å². The predicted molar refractivity (Wildman–Crippen MR) is 99.2 cm³/mol. The van der Waals surface area contributed by atoms with Crippen LogP contribution in [0.2, 0.25) is 0 Å². The van der Waals surface area contributed by atoms with Crippen LogP contribution in [0.4, 0.5) is 0 Å². The summed E-state index contributed by atoms with van der Waals surface area (Å²) < 4.78 is 11.2. The Hall–Kier alpha value is -1.56. The van der Waals surface area contributed by atoms with Crippen LogP contribution in [0.25, 0.3) is 11.0 Å². The molecule has 4 rings (SSSR count). The minimum Gasteiger partial charge on any atom is -0.451 e. The third-order valence-electron chi connectivity index (χ3n) is 5.62. The minimum absolute atomic E-state index is 0. The lowest BCUT2D eigenvalue weighted by Gasteiger charge is -2.38. The monoisotopic (exact) mass is 364 g/mol. The van der Waals surface area contributed by atoms with Crippen LogP contribution in [0.1, 0.15) is 35.4 Å². The molecule has 0 unspecified atom stereocenters. The van der Waals surface area contributed by atoms with Crippen molar-refractivity contribution in [3.05, 3.63) is 35.6 Å². The fourth-order valence-electron chi connectivity index (χ4n) is 4.11. The smallest absolute Gasteiger partial charge is 0.289 e. The molecular formula is C19H25ClN2O3. The van der Waals surface area contributed by atoms with E-state index in [1.807, 2.05) is 29.2 Å². The fourth-order valence-corrected chi connectivity index (χ4v) is 4.11. The normalized spacial score (nSPS) is 19.3. The second-order valence-corrected chi connectivity index (χ2v) is 7.06. The molecule has 0 atom stereocenters. The second-order valence-electron chi connectivity index (χ2n) is 7.06. The third kappa shape index (κ3) is 3.28. The number of nitrogens with one attached hydrogen (secondary N) is 1. The molecule has 136 valence electrons. The first-order chi connectivity index (χ1) is 11.7. The molecule has 0 saturated carbocycles. The highest BCUT2D eigenvalue weighted by molar-refractivity contribution is 5.99. The van der Waals surface area contributed by atoms with E-state index in [9.17, 15) is 4.79 Å². The Labute approximate surface area is 154 Å². The van der Waals surface area contributed by atoms with Crippen LogP contribution in [0.15, 0.2) is 28.7 Å². The number of rotatable bonds is 3. The van der Waals surface area contributed by atoms with Gasteiger partial charge in [0.2, 0.25) is 0 Å². The summed E-state index contributed by atoms with van der Waals surface area (Å²) in [6, 6.07) is 7.78. The third-order valence-corrected chi connectivity index (χ3v) is 5.62. The van der Waals surface area contributed by atoms with E-state index in [1.165, 1.54) is 6.42 Å². The van der Waals surface area contributed by atoms with E-state index in [0.717, 1.165) is 55.6 Å². The number of fused-ring (bicyclic) bond motifs is 1. The van der Waals surface area contributed by atoms with Gasteiger partial charge in [0.1, 0.15) is 5.58 Å². The number of piperidine rings is 1. The van der Waals surface area contributed by atoms with E-state index in [4.69, 9.17) is 9.15 Å². The van der Waals surface area contributed by atoms with Gasteiger partial charge in [-0.05, 0) is 37.3 Å². The summed E-state index contributed by atoms with van der Waals surface area (Å²) in [6.45, 7) is 4.21. The first-order valence-electron chi connectivity index (χ1n) is 8.72. The lowest BCUT2D eigenvalue weighted by atomic mass is 9.78. The maximum absolute atomic E-state index is 13.0. The van der Waals surface area contributed by atoms with E-state index in [-0.39, 0.29) is 18.3 Å². The van der Waals surface area contributed by atoms with Gasteiger partial charge < -0.3 is 19.4 Å². The number of amides is 1. The van der Waals surface area contributed by atoms with Crippen molar-refractivity contribution in [1.82, 2.24) is 10.2 Å². The van der Waals surface area contributed by atoms with Crippen LogP contribution in [0.3, 0.4) is 0 Å². The van der Waals surface area contributed by atoms with Crippen LogP contribution in [0.5, 0.6) is 0 Å². The molecule has 1 spiro atoms. The Bertz CT molecular complexity index is 742. The molecule has 0 radical (unpaired) electrons. The molecule has 0 bridgehead atoms. The zero-order valence-electron chi connectivity index (χ0n) is 14.5. The molecule has 6 heteroatoms. The summed E-state index contributed by atoms with van der Waals surface area (Å²) >= 11 is 0. The first kappa shape index (κ1) is 18.2. The standard InChI is InChI=1S/C19H24N2O3.ClH/c1-23-12-15-14-4-2-3-5-16(14)24-17(15)18(22)21-10-7-19(8-11-21)6-9-20-13-19;/h2-5,20H,6-13H2,1H3;1H. The summed E-state index contributed by atoms with van der Waals surface area (Å²) in [5, 5.41) is 4.43. The van der Waals surface area contributed by atoms with Crippen molar-refractivity contribution >= 4 is 29.3 Å². The number of carbonyl (C=O) groups excluding carboxylic acids is 1. The fraction of sp³-hybridized carbons (Fsp3) is 0.526. The van der Waals surface area contributed by atoms with Gasteiger partial charge in [-0.2, -0.15) is 0 Å². The molecule has 2 fully saturated rings. The topological polar surface area (TPSA) is 54.7 Å². The Kier molecular flexibility index (Phi) is 5.37. The summed E-state index contributed by atoms with van der Waals surface area (Å²) in [7, 11) is 1.65. The number of likely N-dealkylation sites (tertiary alicyclic amines) is 1. The maximum Gasteiger partial charge on any atom is 0.289 e. The van der Waals surface area contributed by atoms with Crippen LogP contribution in [0, 0.1) is 5.41 Å². The second kappa shape index (κ2) is 7.36. The lowest BCUT2D eigenvalue weighted by molar-refractivity contribution is 0.0574. The van der Waals surface area contributed by atoms with E-state index < -0.39 is 0 Å². The molecule has 5 nitrogen and oxygen atoms in total. The number of ether oxygens (including phenoxy) is 1. The van der Waals surface area contributed by atoms with Crippen molar-refractivity contribution in [2.75, 3.05) is 33.3 Å². The Balaban J connectivity index is 0.00000182. The molecule has 1 N–H and O–H groups in total. The minimum atomic E-state index is -0.000874. The number of para-hydroxylation sites is 1. The average molecular weight is 365 g/mol. The Morgan fingerprint density at radius 1 is 1.28 bits per heavy atom. The molecule has 1 aromatic heterocycles. The van der Waals surface area contributed by atoms with Gasteiger partial charge >= 0.3 is 0 Å². The highest BCUT2D eigenvalue weighted by Gasteiger charge is 2.39. The van der Waals surface area contributed by atoms with Gasteiger partial charge in [0.25, 0.3) is 5.91 Å². The highest BCUT2D eigenvalue weighted by atomic mass is 35.5. The number of methoxy groups -OCH3 is 1. The van der Waals surface area contributed by atoms with Crippen molar-refractivity contribution in [1.29, 1.82) is 0 Å². The summed E-state index contributed by atoms with van der Waals surface area (Å²) in [6.07, 6.45) is 3.38. The van der Waals surface area contributed by atoms with Crippen molar-refractivity contribution in [2.45, 2.75) is 25.9 Å². The molecule has 3 heterocycles. The lowest BCUT2D eigenvalue weighted by Crippen LogP contribution is -2.44. The number of hydrogen-bond acceptors (Lipinski definition) is 4. The Morgan fingerprint density at radius 3 is 2.72 bits per heavy atom. The van der Waals surface area contributed by atoms with Crippen LogP contribution in [-0.4, -0.2) is 44.1 Å². The molecule has 1 amide bonds. The van der Waals surface area contributed by atoms with Crippen molar-refractivity contribution in [3.63, 3.8) is 0 Å². The molecule has 2 aliphatic heterocycles. The first-order valence-corrected chi connectivity index (χ1v) is 8.72. The van der Waals surface area contributed by atoms with Crippen molar-refractivity contribution < 1.29 is 13.9 Å². The van der Waals surface area contributed by atoms with E-state index >= 15 is 0 Å². The van der Waals surface area contributed by atoms with E-state index in [0.29, 0.717) is 17.8 Å². The average Bonchev–Trinajstić information content (AvgIpc) is 3.21. The zero-order valence-corrected chi connectivity index (χ0v) is 15.4. The quantitative estimate of drug-likeness (QED) is 0.908. The maximum atomic E-state index is 13.0. The number of furan rings is 1. The molecule has 2 saturated heterocycles. The van der Waals surface area contributed by atoms with E-state index in [2.05, 4.69) is 5.32 Å². The van der Waals surface area contributed by atoms with Crippen molar-refractivity contribution in [2.24, 2.45) is 5.41 Å². The molecule has 2 aromatic rings. The number of carbonyl (C=O) groups is 1. The van der Waals surface area contributed by atoms with Gasteiger partial charge in [0.15, 0.2) is 5.76 Å². The van der Waals surface area contributed by atoms with Gasteiger partial charge in [0.05, 0.1) is 6.61 Å². The summed E-state index contributed by atoms with van der Waals surface area (Å²) in [5.74, 6) is 0.442. The van der Waals surface area contributed by atoms with Gasteiger partial charge in [0, 0.05) is 37.7 Å². The number of benzene rings is 1. The van der Waals surface area contributed by atoms with Gasteiger partial charge in [-0.3, -0.25) is 4.79 Å². The van der Waals surface area contributed by atoms with Gasteiger partial charge in [-0.15, -0.1) is 12.4 Å². The van der Waals surface area contributed by atoms with Gasteiger partial charge in [-0.1, -0.05) is 18.2 Å². The van der Waals surface area contributed by atoms with Crippen LogP contribution >= 0.6 is 12.4 Å².